The molecule has 5 nitrogen and oxygen atoms in total. The van der Waals surface area contributed by atoms with Crippen molar-refractivity contribution in [3.8, 4) is 6.07 Å². The highest BCUT2D eigenvalue weighted by Crippen LogP contribution is 2.40. The molecule has 1 aromatic carbocycles. The fourth-order valence-corrected chi connectivity index (χ4v) is 2.71. The normalized spacial score (nSPS) is 20.6. The van der Waals surface area contributed by atoms with Crippen molar-refractivity contribution in [2.45, 2.75) is 44.8 Å². The Morgan fingerprint density at radius 1 is 1.19 bits per heavy atom. The van der Waals surface area contributed by atoms with E-state index in [2.05, 4.69) is 0 Å². The van der Waals surface area contributed by atoms with Gasteiger partial charge in [-0.1, -0.05) is 32.9 Å². The van der Waals surface area contributed by atoms with Crippen molar-refractivity contribution in [3.63, 3.8) is 0 Å². The monoisotopic (exact) mass is 365 g/mol. The van der Waals surface area contributed by atoms with Crippen LogP contribution in [0.5, 0.6) is 0 Å². The van der Waals surface area contributed by atoms with Crippen LogP contribution in [0.1, 0.15) is 43.6 Å². The molecule has 0 aromatic heterocycles. The van der Waals surface area contributed by atoms with Crippen molar-refractivity contribution in [1.29, 1.82) is 5.26 Å². The second-order valence-electron chi connectivity index (χ2n) is 7.10. The highest BCUT2D eigenvalue weighted by molar-refractivity contribution is 6.04. The lowest BCUT2D eigenvalue weighted by molar-refractivity contribution is -0.184. The highest BCUT2D eigenvalue weighted by atomic mass is 19.4. The van der Waals surface area contributed by atoms with Gasteiger partial charge in [0.1, 0.15) is 0 Å². The first-order chi connectivity index (χ1) is 11.8. The molecule has 138 valence electrons. The maximum absolute atomic E-state index is 13.7. The molecule has 0 saturated carbocycles. The minimum absolute atomic E-state index is 0.0451. The van der Waals surface area contributed by atoms with Crippen LogP contribution in [0.15, 0.2) is 35.5 Å². The zero-order valence-electron chi connectivity index (χ0n) is 14.7. The Hall–Kier alpha value is -2.82. The second-order valence-corrected chi connectivity index (χ2v) is 7.10. The predicted molar refractivity (Wildman–Crippen MR) is 87.8 cm³/mol. The van der Waals surface area contributed by atoms with Gasteiger partial charge in [0.15, 0.2) is 0 Å². The molecule has 2 rings (SSSR count). The van der Waals surface area contributed by atoms with Crippen molar-refractivity contribution in [1.82, 2.24) is 10.6 Å². The van der Waals surface area contributed by atoms with Crippen molar-refractivity contribution in [2.75, 3.05) is 0 Å². The summed E-state index contributed by atoms with van der Waals surface area (Å²) in [5, 5.41) is 12.8. The second kappa shape index (κ2) is 6.16. The molecule has 1 aromatic rings. The number of nitriles is 1. The summed E-state index contributed by atoms with van der Waals surface area (Å²) < 4.78 is 41.1. The summed E-state index contributed by atoms with van der Waals surface area (Å²) in [5.41, 5.74) is -3.84. The molecule has 1 unspecified atom stereocenters. The van der Waals surface area contributed by atoms with Gasteiger partial charge in [0.2, 0.25) is 0 Å². The summed E-state index contributed by atoms with van der Waals surface area (Å²) in [6.07, 6.45) is -5.18. The number of hydrogen-bond donors (Lipinski definition) is 2. The third kappa shape index (κ3) is 3.05. The third-order valence-corrected chi connectivity index (χ3v) is 4.24. The van der Waals surface area contributed by atoms with Gasteiger partial charge in [0, 0.05) is 11.3 Å². The molecular weight excluding hydrogens is 347 g/mol. The van der Waals surface area contributed by atoms with Crippen LogP contribution in [0.4, 0.5) is 13.2 Å². The molecule has 1 aliphatic rings. The predicted octanol–water partition coefficient (Wildman–Crippen LogP) is 2.94. The van der Waals surface area contributed by atoms with Gasteiger partial charge in [0.25, 0.3) is 17.4 Å². The van der Waals surface area contributed by atoms with Crippen LogP contribution in [0.2, 0.25) is 0 Å². The average molecular weight is 365 g/mol. The molecule has 0 fully saturated rings. The number of nitrogens with zero attached hydrogens (tertiary/aromatic N) is 1. The van der Waals surface area contributed by atoms with E-state index < -0.39 is 29.1 Å². The molecule has 0 bridgehead atoms. The Balaban J connectivity index is 2.44. The molecule has 0 radical (unpaired) electrons. The highest BCUT2D eigenvalue weighted by Gasteiger charge is 2.67. The van der Waals surface area contributed by atoms with Crippen LogP contribution in [0.3, 0.4) is 0 Å². The zero-order valence-corrected chi connectivity index (χ0v) is 14.7. The van der Waals surface area contributed by atoms with E-state index in [1.807, 2.05) is 26.1 Å². The van der Waals surface area contributed by atoms with E-state index in [1.54, 1.807) is 17.4 Å². The summed E-state index contributed by atoms with van der Waals surface area (Å²) in [6.45, 7) is 7.04. The smallest absolute Gasteiger partial charge is 0.326 e. The number of rotatable bonds is 2. The topological polar surface area (TPSA) is 82.0 Å². The number of carbonyl (C=O) groups is 2. The van der Waals surface area contributed by atoms with Crippen molar-refractivity contribution in [3.05, 3.63) is 46.7 Å². The number of halogens is 3. The van der Waals surface area contributed by atoms with Gasteiger partial charge >= 0.3 is 6.18 Å². The van der Waals surface area contributed by atoms with Gasteiger partial charge in [-0.05, 0) is 30.0 Å². The standard InChI is InChI=1S/C18H18F3N3O2/c1-10-13(9-22)17(15(26)23-10,18(19,20)21)24-14(25)11-5-7-12(8-6-11)16(2,3)4/h5-8H,1-4H3,(H,23,26)(H,24,25). The maximum Gasteiger partial charge on any atom is 0.425 e. The summed E-state index contributed by atoms with van der Waals surface area (Å²) in [4.78, 5) is 24.4. The molecule has 2 N–H and O–H groups in total. The van der Waals surface area contributed by atoms with E-state index in [1.165, 1.54) is 25.1 Å². The van der Waals surface area contributed by atoms with E-state index in [9.17, 15) is 22.8 Å². The van der Waals surface area contributed by atoms with Crippen LogP contribution in [0.25, 0.3) is 0 Å². The minimum Gasteiger partial charge on any atom is -0.326 e. The number of amides is 2. The minimum atomic E-state index is -5.18. The molecule has 1 aliphatic heterocycles. The van der Waals surface area contributed by atoms with Crippen LogP contribution in [-0.2, 0) is 10.2 Å². The van der Waals surface area contributed by atoms with Crippen LogP contribution in [0, 0.1) is 11.3 Å². The van der Waals surface area contributed by atoms with E-state index in [0.717, 1.165) is 5.56 Å². The van der Waals surface area contributed by atoms with Crippen molar-refractivity contribution >= 4 is 11.8 Å². The van der Waals surface area contributed by atoms with Gasteiger partial charge in [-0.25, -0.2) is 0 Å². The van der Waals surface area contributed by atoms with E-state index in [-0.39, 0.29) is 16.7 Å². The molecular formula is C18H18F3N3O2. The van der Waals surface area contributed by atoms with Gasteiger partial charge < -0.3 is 10.6 Å². The Labute approximate surface area is 148 Å². The van der Waals surface area contributed by atoms with Crippen molar-refractivity contribution in [2.24, 2.45) is 0 Å². The number of carbonyl (C=O) groups excluding carboxylic acids is 2. The Morgan fingerprint density at radius 3 is 2.15 bits per heavy atom. The average Bonchev–Trinajstić information content (AvgIpc) is 2.76. The number of allylic oxidation sites excluding steroid dienone is 1. The van der Waals surface area contributed by atoms with Gasteiger partial charge in [-0.2, -0.15) is 18.4 Å². The molecule has 0 spiro atoms. The lowest BCUT2D eigenvalue weighted by Crippen LogP contribution is -2.64. The first kappa shape index (κ1) is 19.5. The fourth-order valence-electron chi connectivity index (χ4n) is 2.71. The lowest BCUT2D eigenvalue weighted by atomic mass is 9.86. The van der Waals surface area contributed by atoms with Gasteiger partial charge in [-0.15, -0.1) is 0 Å². The number of hydrogen-bond acceptors (Lipinski definition) is 3. The third-order valence-electron chi connectivity index (χ3n) is 4.24. The molecule has 8 heteroatoms. The molecule has 2 amide bonds. The lowest BCUT2D eigenvalue weighted by Gasteiger charge is -2.30. The summed E-state index contributed by atoms with van der Waals surface area (Å²) in [6, 6.07) is 7.43. The molecule has 0 aliphatic carbocycles. The molecule has 1 atom stereocenters. The summed E-state index contributed by atoms with van der Waals surface area (Å²) in [7, 11) is 0. The quantitative estimate of drug-likeness (QED) is 0.845. The van der Waals surface area contributed by atoms with E-state index >= 15 is 0 Å². The van der Waals surface area contributed by atoms with Gasteiger partial charge in [-0.3, -0.25) is 9.59 Å². The summed E-state index contributed by atoms with van der Waals surface area (Å²) >= 11 is 0. The number of alkyl halides is 3. The van der Waals surface area contributed by atoms with Crippen LogP contribution in [-0.4, -0.2) is 23.5 Å². The van der Waals surface area contributed by atoms with Gasteiger partial charge in [0.05, 0.1) is 11.6 Å². The van der Waals surface area contributed by atoms with E-state index in [4.69, 9.17) is 5.26 Å². The maximum atomic E-state index is 13.7. The Bertz CT molecular complexity index is 827. The number of nitrogens with one attached hydrogen (secondary N) is 2. The Kier molecular flexibility index (Phi) is 4.62. The van der Waals surface area contributed by atoms with Crippen LogP contribution >= 0.6 is 0 Å². The molecule has 26 heavy (non-hydrogen) atoms. The Morgan fingerprint density at radius 2 is 1.73 bits per heavy atom. The SMILES string of the molecule is CC1=C(C#N)C(NC(=O)c2ccc(C(C)(C)C)cc2)(C(F)(F)F)C(=O)N1. The van der Waals surface area contributed by atoms with Crippen LogP contribution < -0.4 is 10.6 Å². The molecule has 1 heterocycles. The fraction of sp³-hybridized carbons (Fsp3) is 0.389. The molecule has 0 saturated heterocycles. The van der Waals surface area contributed by atoms with Crippen molar-refractivity contribution < 1.29 is 22.8 Å². The number of benzene rings is 1. The first-order valence-electron chi connectivity index (χ1n) is 7.77. The summed E-state index contributed by atoms with van der Waals surface area (Å²) in [5.74, 6) is -2.60. The zero-order chi connectivity index (χ0) is 19.9. The van der Waals surface area contributed by atoms with E-state index in [0.29, 0.717) is 0 Å². The largest absolute Gasteiger partial charge is 0.425 e. The first-order valence-corrected chi connectivity index (χ1v) is 7.77.